The predicted octanol–water partition coefficient (Wildman–Crippen LogP) is 3.86. The van der Waals surface area contributed by atoms with E-state index in [1.807, 2.05) is 25.4 Å². The monoisotopic (exact) mass is 358 g/mol. The Morgan fingerprint density at radius 2 is 1.85 bits per heavy atom. The number of fused-ring (bicyclic) bond motifs is 1. The summed E-state index contributed by atoms with van der Waals surface area (Å²) in [7, 11) is 1.89. The fraction of sp³-hybridized carbons (Fsp3) is 0.238. The van der Waals surface area contributed by atoms with Crippen LogP contribution in [0.3, 0.4) is 0 Å². The van der Waals surface area contributed by atoms with Gasteiger partial charge in [0, 0.05) is 31.5 Å². The average Bonchev–Trinajstić information content (AvgIpc) is 3.10. The summed E-state index contributed by atoms with van der Waals surface area (Å²) >= 11 is 0. The summed E-state index contributed by atoms with van der Waals surface area (Å²) in [5.74, 6) is 1.48. The van der Waals surface area contributed by atoms with Gasteiger partial charge < -0.3 is 5.32 Å². The summed E-state index contributed by atoms with van der Waals surface area (Å²) in [5, 5.41) is 8.74. The number of nitrogens with one attached hydrogen (secondary N) is 1. The van der Waals surface area contributed by atoms with Crippen molar-refractivity contribution < 1.29 is 0 Å². The first-order chi connectivity index (χ1) is 13.3. The van der Waals surface area contributed by atoms with E-state index in [2.05, 4.69) is 50.7 Å². The minimum atomic E-state index is 0.658. The van der Waals surface area contributed by atoms with Crippen LogP contribution in [0, 0.1) is 0 Å². The van der Waals surface area contributed by atoms with Crippen LogP contribution in [-0.4, -0.2) is 31.3 Å². The van der Waals surface area contributed by atoms with E-state index in [0.717, 1.165) is 48.2 Å². The summed E-state index contributed by atoms with van der Waals surface area (Å²) in [6.45, 7) is 0.861. The minimum absolute atomic E-state index is 0.658. The Bertz CT molecular complexity index is 1010. The first-order valence-electron chi connectivity index (χ1n) is 9.19. The molecule has 6 heteroatoms. The zero-order chi connectivity index (χ0) is 18.5. The number of hydrogen-bond donors (Lipinski definition) is 1. The highest BCUT2D eigenvalue weighted by molar-refractivity contribution is 5.88. The Hall–Kier alpha value is -3.28. The molecule has 1 aromatic carbocycles. The van der Waals surface area contributed by atoms with Crippen LogP contribution in [0.4, 0.5) is 5.82 Å². The largest absolute Gasteiger partial charge is 0.369 e. The minimum Gasteiger partial charge on any atom is -0.369 e. The number of aromatic nitrogens is 5. The van der Waals surface area contributed by atoms with Crippen LogP contribution in [0.25, 0.3) is 22.4 Å². The summed E-state index contributed by atoms with van der Waals surface area (Å²) < 4.78 is 1.78. The molecule has 0 fully saturated rings. The fourth-order valence-corrected chi connectivity index (χ4v) is 3.09. The number of anilines is 1. The lowest BCUT2D eigenvalue weighted by molar-refractivity contribution is 0.762. The maximum absolute atomic E-state index is 4.72. The van der Waals surface area contributed by atoms with Crippen molar-refractivity contribution in [2.75, 3.05) is 11.9 Å². The summed E-state index contributed by atoms with van der Waals surface area (Å²) in [5.41, 5.74) is 3.09. The SMILES string of the molecule is Cn1ncc2c(NCCCCc3ccccc3)nc(-c3cccnc3)nc21. The molecule has 0 bridgehead atoms. The molecule has 27 heavy (non-hydrogen) atoms. The van der Waals surface area contributed by atoms with E-state index >= 15 is 0 Å². The molecule has 0 saturated heterocycles. The van der Waals surface area contributed by atoms with Crippen LogP contribution in [-0.2, 0) is 13.5 Å². The van der Waals surface area contributed by atoms with Crippen molar-refractivity contribution in [1.82, 2.24) is 24.7 Å². The highest BCUT2D eigenvalue weighted by Gasteiger charge is 2.12. The normalized spacial score (nSPS) is 11.0. The van der Waals surface area contributed by atoms with Crippen molar-refractivity contribution in [2.45, 2.75) is 19.3 Å². The van der Waals surface area contributed by atoms with Gasteiger partial charge in [0.15, 0.2) is 11.5 Å². The molecule has 0 atom stereocenters. The first kappa shape index (κ1) is 17.1. The van der Waals surface area contributed by atoms with Gasteiger partial charge in [0.2, 0.25) is 0 Å². The first-order valence-corrected chi connectivity index (χ1v) is 9.19. The van der Waals surface area contributed by atoms with Crippen LogP contribution in [0.2, 0.25) is 0 Å². The second-order valence-electron chi connectivity index (χ2n) is 6.51. The molecule has 0 aliphatic heterocycles. The van der Waals surface area contributed by atoms with E-state index < -0.39 is 0 Å². The molecule has 4 aromatic rings. The molecule has 0 aliphatic rings. The molecular weight excluding hydrogens is 336 g/mol. The van der Waals surface area contributed by atoms with E-state index in [0.29, 0.717) is 5.82 Å². The summed E-state index contributed by atoms with van der Waals surface area (Å²) in [4.78, 5) is 13.6. The maximum Gasteiger partial charge on any atom is 0.165 e. The van der Waals surface area contributed by atoms with E-state index in [9.17, 15) is 0 Å². The smallest absolute Gasteiger partial charge is 0.165 e. The molecule has 4 rings (SSSR count). The van der Waals surface area contributed by atoms with Gasteiger partial charge in [0.05, 0.1) is 11.6 Å². The third-order valence-electron chi connectivity index (χ3n) is 4.54. The van der Waals surface area contributed by atoms with Crippen molar-refractivity contribution in [1.29, 1.82) is 0 Å². The number of nitrogens with zero attached hydrogens (tertiary/aromatic N) is 5. The van der Waals surface area contributed by atoms with Crippen LogP contribution in [0.1, 0.15) is 18.4 Å². The van der Waals surface area contributed by atoms with Crippen molar-refractivity contribution in [2.24, 2.45) is 7.05 Å². The number of pyridine rings is 1. The topological polar surface area (TPSA) is 68.5 Å². The van der Waals surface area contributed by atoms with Crippen molar-refractivity contribution in [3.8, 4) is 11.4 Å². The molecule has 6 nitrogen and oxygen atoms in total. The van der Waals surface area contributed by atoms with Gasteiger partial charge >= 0.3 is 0 Å². The lowest BCUT2D eigenvalue weighted by Crippen LogP contribution is -2.06. The third kappa shape index (κ3) is 3.95. The number of benzene rings is 1. The quantitative estimate of drug-likeness (QED) is 0.508. The van der Waals surface area contributed by atoms with Gasteiger partial charge in [-0.25, -0.2) is 9.97 Å². The van der Waals surface area contributed by atoms with Gasteiger partial charge in [-0.05, 0) is 37.0 Å². The zero-order valence-electron chi connectivity index (χ0n) is 15.3. The molecule has 1 N–H and O–H groups in total. The highest BCUT2D eigenvalue weighted by atomic mass is 15.3. The number of unbranched alkanes of at least 4 members (excludes halogenated alkanes) is 1. The van der Waals surface area contributed by atoms with Gasteiger partial charge in [0.1, 0.15) is 5.82 Å². The van der Waals surface area contributed by atoms with Crippen LogP contribution >= 0.6 is 0 Å². The van der Waals surface area contributed by atoms with Crippen molar-refractivity contribution in [3.05, 3.63) is 66.6 Å². The molecule has 136 valence electrons. The number of rotatable bonds is 7. The van der Waals surface area contributed by atoms with Crippen LogP contribution in [0.5, 0.6) is 0 Å². The van der Waals surface area contributed by atoms with Crippen molar-refractivity contribution >= 4 is 16.9 Å². The molecule has 0 amide bonds. The fourth-order valence-electron chi connectivity index (χ4n) is 3.09. The van der Waals surface area contributed by atoms with Gasteiger partial charge in [-0.2, -0.15) is 5.10 Å². The second-order valence-corrected chi connectivity index (χ2v) is 6.51. The molecule has 0 unspecified atom stereocenters. The average molecular weight is 358 g/mol. The Labute approximate surface area is 158 Å². The number of hydrogen-bond acceptors (Lipinski definition) is 5. The van der Waals surface area contributed by atoms with Gasteiger partial charge in [0.25, 0.3) is 0 Å². The Balaban J connectivity index is 1.47. The standard InChI is InChI=1S/C21H22N6/c1-27-21-18(15-24-27)20(25-19(26-21)17-11-7-12-22-14-17)23-13-6-5-10-16-8-3-2-4-9-16/h2-4,7-9,11-12,14-15H,5-6,10,13H2,1H3,(H,23,25,26). The lowest BCUT2D eigenvalue weighted by Gasteiger charge is -2.09. The summed E-state index contributed by atoms with van der Waals surface area (Å²) in [6, 6.07) is 14.5. The Kier molecular flexibility index (Phi) is 5.05. The summed E-state index contributed by atoms with van der Waals surface area (Å²) in [6.07, 6.45) is 8.64. The zero-order valence-corrected chi connectivity index (χ0v) is 15.3. The van der Waals surface area contributed by atoms with E-state index in [-0.39, 0.29) is 0 Å². The van der Waals surface area contributed by atoms with E-state index in [1.54, 1.807) is 17.1 Å². The molecular formula is C21H22N6. The van der Waals surface area contributed by atoms with Crippen LogP contribution < -0.4 is 5.32 Å². The van der Waals surface area contributed by atoms with Gasteiger partial charge in [-0.1, -0.05) is 30.3 Å². The van der Waals surface area contributed by atoms with Crippen LogP contribution in [0.15, 0.2) is 61.1 Å². The number of aryl methyl sites for hydroxylation is 2. The Morgan fingerprint density at radius 3 is 2.67 bits per heavy atom. The lowest BCUT2D eigenvalue weighted by atomic mass is 10.1. The Morgan fingerprint density at radius 1 is 0.963 bits per heavy atom. The van der Waals surface area contributed by atoms with E-state index in [4.69, 9.17) is 4.98 Å². The molecule has 0 saturated carbocycles. The second kappa shape index (κ2) is 7.95. The molecule has 0 spiro atoms. The van der Waals surface area contributed by atoms with Gasteiger partial charge in [-0.3, -0.25) is 9.67 Å². The molecule has 3 heterocycles. The van der Waals surface area contributed by atoms with E-state index in [1.165, 1.54) is 5.56 Å². The molecule has 0 radical (unpaired) electrons. The molecule has 3 aromatic heterocycles. The third-order valence-corrected chi connectivity index (χ3v) is 4.54. The highest BCUT2D eigenvalue weighted by Crippen LogP contribution is 2.24. The van der Waals surface area contributed by atoms with Gasteiger partial charge in [-0.15, -0.1) is 0 Å². The maximum atomic E-state index is 4.72. The predicted molar refractivity (Wildman–Crippen MR) is 107 cm³/mol. The van der Waals surface area contributed by atoms with Crippen molar-refractivity contribution in [3.63, 3.8) is 0 Å². The molecule has 0 aliphatic carbocycles.